The highest BCUT2D eigenvalue weighted by Crippen LogP contribution is 2.23. The largest absolute Gasteiger partial charge is 0.122 e. The Morgan fingerprint density at radius 3 is 2.85 bits per heavy atom. The maximum Gasteiger partial charge on any atom is 0.0479 e. The smallest absolute Gasteiger partial charge is 0.0479 e. The minimum Gasteiger partial charge on any atom is -0.122 e. The van der Waals surface area contributed by atoms with Gasteiger partial charge in [-0.3, -0.25) is 0 Å². The lowest BCUT2D eigenvalue weighted by molar-refractivity contribution is 1.42. The van der Waals surface area contributed by atoms with Crippen LogP contribution in [0.3, 0.4) is 0 Å². The summed E-state index contributed by atoms with van der Waals surface area (Å²) in [7, 11) is 0. The number of benzene rings is 1. The first kappa shape index (κ1) is 11.1. The van der Waals surface area contributed by atoms with Gasteiger partial charge >= 0.3 is 0 Å². The molecule has 1 rings (SSSR count). The summed E-state index contributed by atoms with van der Waals surface area (Å²) in [5, 5.41) is 0.743. The van der Waals surface area contributed by atoms with Gasteiger partial charge in [-0.1, -0.05) is 39.2 Å². The van der Waals surface area contributed by atoms with Gasteiger partial charge in [-0.25, -0.2) is 0 Å². The van der Waals surface area contributed by atoms with Crippen molar-refractivity contribution in [2.75, 3.05) is 5.88 Å². The van der Waals surface area contributed by atoms with E-state index in [4.69, 9.17) is 23.2 Å². The van der Waals surface area contributed by atoms with Crippen molar-refractivity contribution in [3.63, 3.8) is 0 Å². The molecule has 0 amide bonds. The standard InChI is InChI=1S/C10H9BrCl2/c1-7(6-12)4-8-5-9(11)2-3-10(8)13/h2-5H,6H2,1H3/b7-4-. The van der Waals surface area contributed by atoms with Crippen molar-refractivity contribution in [1.82, 2.24) is 0 Å². The molecule has 0 aliphatic heterocycles. The van der Waals surface area contributed by atoms with Gasteiger partial charge < -0.3 is 0 Å². The Kier molecular flexibility index (Phi) is 4.30. The molecule has 0 fully saturated rings. The van der Waals surface area contributed by atoms with Crippen LogP contribution in [0.15, 0.2) is 28.2 Å². The second-order valence-corrected chi connectivity index (χ2v) is 4.38. The van der Waals surface area contributed by atoms with Crippen LogP contribution in [0.2, 0.25) is 5.02 Å². The molecule has 1 aromatic carbocycles. The number of alkyl halides is 1. The van der Waals surface area contributed by atoms with Crippen molar-refractivity contribution in [3.05, 3.63) is 38.8 Å². The zero-order valence-electron chi connectivity index (χ0n) is 7.15. The first-order valence-electron chi connectivity index (χ1n) is 3.81. The normalized spacial score (nSPS) is 11.8. The summed E-state index contributed by atoms with van der Waals surface area (Å²) < 4.78 is 1.02. The quantitative estimate of drug-likeness (QED) is 0.686. The molecule has 0 spiro atoms. The molecule has 3 heteroatoms. The predicted octanol–water partition coefficient (Wildman–Crippen LogP) is 4.74. The lowest BCUT2D eigenvalue weighted by Crippen LogP contribution is -1.80. The summed E-state index contributed by atoms with van der Waals surface area (Å²) in [6.07, 6.45) is 1.99. The van der Waals surface area contributed by atoms with Crippen LogP contribution in [0.1, 0.15) is 12.5 Å². The average Bonchev–Trinajstić information content (AvgIpc) is 2.11. The zero-order chi connectivity index (χ0) is 9.84. The van der Waals surface area contributed by atoms with Crippen molar-refractivity contribution in [2.24, 2.45) is 0 Å². The Hall–Kier alpha value is 0.0200. The molecule has 0 radical (unpaired) electrons. The maximum absolute atomic E-state index is 5.99. The molecule has 0 heterocycles. The lowest BCUT2D eigenvalue weighted by Gasteiger charge is -2.00. The molecule has 0 unspecified atom stereocenters. The van der Waals surface area contributed by atoms with Gasteiger partial charge in [0.25, 0.3) is 0 Å². The van der Waals surface area contributed by atoms with Crippen LogP contribution in [0.4, 0.5) is 0 Å². The Morgan fingerprint density at radius 1 is 1.54 bits per heavy atom. The molecule has 0 bridgehead atoms. The van der Waals surface area contributed by atoms with Gasteiger partial charge in [0.05, 0.1) is 0 Å². The lowest BCUT2D eigenvalue weighted by atomic mass is 10.1. The van der Waals surface area contributed by atoms with E-state index in [1.165, 1.54) is 0 Å². The van der Waals surface area contributed by atoms with Gasteiger partial charge in [0, 0.05) is 15.4 Å². The highest BCUT2D eigenvalue weighted by atomic mass is 79.9. The van der Waals surface area contributed by atoms with E-state index in [0.29, 0.717) is 5.88 Å². The monoisotopic (exact) mass is 278 g/mol. The molecule has 0 aliphatic rings. The Morgan fingerprint density at radius 2 is 2.23 bits per heavy atom. The molecule has 0 aliphatic carbocycles. The van der Waals surface area contributed by atoms with E-state index in [1.807, 2.05) is 31.2 Å². The van der Waals surface area contributed by atoms with E-state index in [1.54, 1.807) is 0 Å². The number of allylic oxidation sites excluding steroid dienone is 1. The summed E-state index contributed by atoms with van der Waals surface area (Å²) in [6.45, 7) is 1.98. The minimum atomic E-state index is 0.531. The molecular weight excluding hydrogens is 271 g/mol. The van der Waals surface area contributed by atoms with E-state index >= 15 is 0 Å². The van der Waals surface area contributed by atoms with Crippen molar-refractivity contribution in [1.29, 1.82) is 0 Å². The summed E-state index contributed by atoms with van der Waals surface area (Å²) >= 11 is 15.0. The maximum atomic E-state index is 5.99. The Bertz CT molecular complexity index is 332. The summed E-state index contributed by atoms with van der Waals surface area (Å²) in [6, 6.07) is 5.74. The second-order valence-electron chi connectivity index (χ2n) is 2.79. The van der Waals surface area contributed by atoms with Crippen molar-refractivity contribution in [2.45, 2.75) is 6.92 Å². The van der Waals surface area contributed by atoms with Gasteiger partial charge in [0.1, 0.15) is 0 Å². The number of hydrogen-bond acceptors (Lipinski definition) is 0. The first-order valence-corrected chi connectivity index (χ1v) is 5.52. The van der Waals surface area contributed by atoms with Gasteiger partial charge in [-0.15, -0.1) is 11.6 Å². The minimum absolute atomic E-state index is 0.531. The van der Waals surface area contributed by atoms with Crippen LogP contribution < -0.4 is 0 Å². The van der Waals surface area contributed by atoms with Crippen LogP contribution in [0.25, 0.3) is 6.08 Å². The van der Waals surface area contributed by atoms with Crippen molar-refractivity contribution >= 4 is 45.2 Å². The van der Waals surface area contributed by atoms with Crippen LogP contribution in [0, 0.1) is 0 Å². The Labute approximate surface area is 96.7 Å². The summed E-state index contributed by atoms with van der Waals surface area (Å²) in [4.78, 5) is 0. The number of hydrogen-bond donors (Lipinski definition) is 0. The fraction of sp³-hybridized carbons (Fsp3) is 0.200. The molecule has 13 heavy (non-hydrogen) atoms. The number of halogens is 3. The third-order valence-corrected chi connectivity index (χ3v) is 2.83. The van der Waals surface area contributed by atoms with Gasteiger partial charge in [-0.2, -0.15) is 0 Å². The summed E-state index contributed by atoms with van der Waals surface area (Å²) in [5.74, 6) is 0.531. The van der Waals surface area contributed by atoms with E-state index in [-0.39, 0.29) is 0 Å². The van der Waals surface area contributed by atoms with Crippen LogP contribution >= 0.6 is 39.1 Å². The molecule has 0 aromatic heterocycles. The molecule has 0 atom stereocenters. The van der Waals surface area contributed by atoms with Crippen molar-refractivity contribution in [3.8, 4) is 0 Å². The third-order valence-electron chi connectivity index (χ3n) is 1.57. The topological polar surface area (TPSA) is 0 Å². The number of rotatable bonds is 2. The molecule has 1 aromatic rings. The fourth-order valence-electron chi connectivity index (χ4n) is 0.929. The molecule has 0 N–H and O–H groups in total. The van der Waals surface area contributed by atoms with Crippen LogP contribution in [-0.2, 0) is 0 Å². The molecule has 0 saturated heterocycles. The summed E-state index contributed by atoms with van der Waals surface area (Å²) in [5.41, 5.74) is 2.09. The first-order chi connectivity index (χ1) is 6.13. The van der Waals surface area contributed by atoms with Gasteiger partial charge in [-0.05, 0) is 30.7 Å². The fourth-order valence-corrected chi connectivity index (χ4v) is 1.56. The van der Waals surface area contributed by atoms with Gasteiger partial charge in [0.2, 0.25) is 0 Å². The van der Waals surface area contributed by atoms with Crippen LogP contribution in [0.5, 0.6) is 0 Å². The predicted molar refractivity (Wildman–Crippen MR) is 63.5 cm³/mol. The van der Waals surface area contributed by atoms with E-state index in [0.717, 1.165) is 20.6 Å². The van der Waals surface area contributed by atoms with Crippen LogP contribution in [-0.4, -0.2) is 5.88 Å². The zero-order valence-corrected chi connectivity index (χ0v) is 10.2. The Balaban J connectivity index is 3.07. The van der Waals surface area contributed by atoms with E-state index in [9.17, 15) is 0 Å². The van der Waals surface area contributed by atoms with Gasteiger partial charge in [0.15, 0.2) is 0 Å². The van der Waals surface area contributed by atoms with Crippen molar-refractivity contribution < 1.29 is 0 Å². The molecule has 70 valence electrons. The molecular formula is C10H9BrCl2. The molecule has 0 nitrogen and oxygen atoms in total. The van der Waals surface area contributed by atoms with E-state index < -0.39 is 0 Å². The molecule has 0 saturated carbocycles. The highest BCUT2D eigenvalue weighted by Gasteiger charge is 1.98. The van der Waals surface area contributed by atoms with E-state index in [2.05, 4.69) is 15.9 Å². The SMILES string of the molecule is C/C(=C/c1cc(Br)ccc1Cl)CCl. The second kappa shape index (κ2) is 5.04. The average molecular weight is 280 g/mol. The highest BCUT2D eigenvalue weighted by molar-refractivity contribution is 9.10. The third kappa shape index (κ3) is 3.34.